The number of hydrazone groups is 1. The highest BCUT2D eigenvalue weighted by Crippen LogP contribution is 2.35. The first-order valence-corrected chi connectivity index (χ1v) is 6.31. The largest absolute Gasteiger partial charge is 0.504 e. The lowest BCUT2D eigenvalue weighted by Crippen LogP contribution is -2.18. The number of aromatic hydroxyl groups is 3. The van der Waals surface area contributed by atoms with Crippen LogP contribution in [-0.2, 0) is 0 Å². The van der Waals surface area contributed by atoms with E-state index in [4.69, 9.17) is 0 Å². The molecule has 0 bridgehead atoms. The van der Waals surface area contributed by atoms with Gasteiger partial charge < -0.3 is 15.3 Å². The molecular formula is C14H16N2O4. The van der Waals surface area contributed by atoms with Crippen LogP contribution in [0, 0.1) is 5.92 Å². The number of benzene rings is 1. The Bertz CT molecular complexity index is 543. The highest BCUT2D eigenvalue weighted by molar-refractivity contribution is 5.95. The van der Waals surface area contributed by atoms with E-state index in [1.807, 2.05) is 0 Å². The van der Waals surface area contributed by atoms with Gasteiger partial charge in [0.15, 0.2) is 17.2 Å². The molecule has 1 unspecified atom stereocenters. The van der Waals surface area contributed by atoms with Gasteiger partial charge in [-0.05, 0) is 37.3 Å². The van der Waals surface area contributed by atoms with Gasteiger partial charge in [0.25, 0.3) is 5.91 Å². The molecule has 0 saturated carbocycles. The number of allylic oxidation sites excluding steroid dienone is 2. The molecule has 1 atom stereocenters. The fraction of sp³-hybridized carbons (Fsp3) is 0.286. The molecule has 2 rings (SSSR count). The van der Waals surface area contributed by atoms with E-state index in [0.717, 1.165) is 31.4 Å². The lowest BCUT2D eigenvalue weighted by Gasteiger charge is -2.11. The Labute approximate surface area is 116 Å². The molecule has 1 aromatic rings. The Hall–Kier alpha value is -2.50. The average Bonchev–Trinajstić information content (AvgIpc) is 2.45. The topological polar surface area (TPSA) is 102 Å². The first-order valence-electron chi connectivity index (χ1n) is 6.31. The zero-order valence-corrected chi connectivity index (χ0v) is 10.8. The molecular weight excluding hydrogens is 260 g/mol. The summed E-state index contributed by atoms with van der Waals surface area (Å²) in [5.74, 6) is -2.03. The average molecular weight is 276 g/mol. The number of hydrogen-bond acceptors (Lipinski definition) is 5. The van der Waals surface area contributed by atoms with Crippen molar-refractivity contribution >= 4 is 12.1 Å². The number of phenols is 3. The summed E-state index contributed by atoms with van der Waals surface area (Å²) in [5.41, 5.74) is 2.34. The number of nitrogens with one attached hydrogen (secondary N) is 1. The van der Waals surface area contributed by atoms with Crippen LogP contribution in [0.15, 0.2) is 29.4 Å². The second-order valence-corrected chi connectivity index (χ2v) is 4.63. The first kappa shape index (κ1) is 13.9. The van der Waals surface area contributed by atoms with Crippen LogP contribution in [0.5, 0.6) is 17.2 Å². The van der Waals surface area contributed by atoms with Crippen molar-refractivity contribution in [3.63, 3.8) is 0 Å². The molecule has 1 aromatic carbocycles. The molecule has 1 aliphatic rings. The van der Waals surface area contributed by atoms with Crippen molar-refractivity contribution in [3.8, 4) is 17.2 Å². The minimum Gasteiger partial charge on any atom is -0.504 e. The molecule has 0 heterocycles. The quantitative estimate of drug-likeness (QED) is 0.293. The second-order valence-electron chi connectivity index (χ2n) is 4.63. The molecule has 0 spiro atoms. The Balaban J connectivity index is 1.98. The number of carbonyl (C=O) groups is 1. The molecule has 1 aliphatic carbocycles. The number of phenolic OH excluding ortho intramolecular Hbond substituents is 3. The maximum atomic E-state index is 11.8. The number of nitrogens with zero attached hydrogens (tertiary/aromatic N) is 1. The van der Waals surface area contributed by atoms with E-state index >= 15 is 0 Å². The zero-order chi connectivity index (χ0) is 14.5. The Morgan fingerprint density at radius 3 is 2.55 bits per heavy atom. The van der Waals surface area contributed by atoms with Gasteiger partial charge in [-0.15, -0.1) is 0 Å². The van der Waals surface area contributed by atoms with Crippen LogP contribution in [0.1, 0.15) is 29.6 Å². The molecule has 0 fully saturated rings. The molecule has 20 heavy (non-hydrogen) atoms. The van der Waals surface area contributed by atoms with Crippen LogP contribution in [0.2, 0.25) is 0 Å². The highest BCUT2D eigenvalue weighted by atomic mass is 16.3. The van der Waals surface area contributed by atoms with Gasteiger partial charge in [0.05, 0.1) is 0 Å². The summed E-state index contributed by atoms with van der Waals surface area (Å²) in [6.45, 7) is 0. The van der Waals surface area contributed by atoms with Crippen molar-refractivity contribution in [2.45, 2.75) is 19.3 Å². The predicted octanol–water partition coefficient (Wildman–Crippen LogP) is 1.88. The van der Waals surface area contributed by atoms with Crippen molar-refractivity contribution in [1.29, 1.82) is 0 Å². The van der Waals surface area contributed by atoms with Crippen LogP contribution >= 0.6 is 0 Å². The molecule has 6 heteroatoms. The maximum Gasteiger partial charge on any atom is 0.271 e. The van der Waals surface area contributed by atoms with Gasteiger partial charge >= 0.3 is 0 Å². The zero-order valence-electron chi connectivity index (χ0n) is 10.8. The van der Waals surface area contributed by atoms with Crippen molar-refractivity contribution in [2.24, 2.45) is 11.0 Å². The van der Waals surface area contributed by atoms with Gasteiger partial charge in [0.1, 0.15) is 0 Å². The number of carbonyl (C=O) groups excluding carboxylic acids is 1. The smallest absolute Gasteiger partial charge is 0.271 e. The van der Waals surface area contributed by atoms with E-state index in [2.05, 4.69) is 22.7 Å². The third-order valence-electron chi connectivity index (χ3n) is 3.09. The number of rotatable bonds is 3. The fourth-order valence-corrected chi connectivity index (χ4v) is 1.95. The molecule has 4 N–H and O–H groups in total. The first-order chi connectivity index (χ1) is 9.58. The van der Waals surface area contributed by atoms with Gasteiger partial charge in [-0.2, -0.15) is 5.10 Å². The predicted molar refractivity (Wildman–Crippen MR) is 73.9 cm³/mol. The SMILES string of the molecule is O=C(NN=CC1CC=CCC1)c1cc(O)c(O)c(O)c1. The van der Waals surface area contributed by atoms with E-state index in [9.17, 15) is 20.1 Å². The van der Waals surface area contributed by atoms with E-state index in [-0.39, 0.29) is 5.56 Å². The monoisotopic (exact) mass is 276 g/mol. The van der Waals surface area contributed by atoms with Crippen LogP contribution in [0.25, 0.3) is 0 Å². The van der Waals surface area contributed by atoms with Gasteiger partial charge in [0.2, 0.25) is 0 Å². The van der Waals surface area contributed by atoms with Crippen molar-refractivity contribution in [1.82, 2.24) is 5.43 Å². The van der Waals surface area contributed by atoms with Gasteiger partial charge in [-0.3, -0.25) is 4.79 Å². The van der Waals surface area contributed by atoms with Gasteiger partial charge in [-0.1, -0.05) is 12.2 Å². The summed E-state index contributed by atoms with van der Waals surface area (Å²) >= 11 is 0. The standard InChI is InChI=1S/C14H16N2O4/c17-11-6-10(7-12(18)13(11)19)14(20)16-15-8-9-4-2-1-3-5-9/h1-2,6-9,17-19H,3-5H2,(H,16,20). The van der Waals surface area contributed by atoms with Crippen LogP contribution < -0.4 is 5.43 Å². The molecule has 1 amide bonds. The van der Waals surface area contributed by atoms with Gasteiger partial charge in [-0.25, -0.2) is 5.43 Å². The third kappa shape index (κ3) is 3.28. The second kappa shape index (κ2) is 6.10. The van der Waals surface area contributed by atoms with Crippen molar-refractivity contribution in [2.75, 3.05) is 0 Å². The Morgan fingerprint density at radius 2 is 1.95 bits per heavy atom. The highest BCUT2D eigenvalue weighted by Gasteiger charge is 2.13. The summed E-state index contributed by atoms with van der Waals surface area (Å²) < 4.78 is 0. The van der Waals surface area contributed by atoms with E-state index < -0.39 is 23.2 Å². The minimum absolute atomic E-state index is 0.0125. The van der Waals surface area contributed by atoms with E-state index in [0.29, 0.717) is 5.92 Å². The molecule has 0 aromatic heterocycles. The summed E-state index contributed by atoms with van der Waals surface area (Å²) in [6.07, 6.45) is 8.78. The Morgan fingerprint density at radius 1 is 1.25 bits per heavy atom. The molecule has 106 valence electrons. The van der Waals surface area contributed by atoms with Crippen LogP contribution in [0.4, 0.5) is 0 Å². The minimum atomic E-state index is -0.654. The molecule has 0 radical (unpaired) electrons. The lowest BCUT2D eigenvalue weighted by molar-refractivity contribution is 0.0954. The van der Waals surface area contributed by atoms with E-state index in [1.54, 1.807) is 6.21 Å². The summed E-state index contributed by atoms with van der Waals surface area (Å²) in [7, 11) is 0. The van der Waals surface area contributed by atoms with Crippen LogP contribution in [0.3, 0.4) is 0 Å². The molecule has 0 saturated heterocycles. The molecule has 0 aliphatic heterocycles. The summed E-state index contributed by atoms with van der Waals surface area (Å²) in [4.78, 5) is 11.8. The van der Waals surface area contributed by atoms with Crippen molar-refractivity contribution < 1.29 is 20.1 Å². The molecule has 6 nitrogen and oxygen atoms in total. The maximum absolute atomic E-state index is 11.8. The Kier molecular flexibility index (Phi) is 4.24. The van der Waals surface area contributed by atoms with E-state index in [1.165, 1.54) is 0 Å². The summed E-state index contributed by atoms with van der Waals surface area (Å²) in [6, 6.07) is 2.12. The third-order valence-corrected chi connectivity index (χ3v) is 3.09. The van der Waals surface area contributed by atoms with Gasteiger partial charge in [0, 0.05) is 11.8 Å². The van der Waals surface area contributed by atoms with Crippen LogP contribution in [-0.4, -0.2) is 27.4 Å². The number of hydrogen-bond donors (Lipinski definition) is 4. The summed E-state index contributed by atoms with van der Waals surface area (Å²) in [5, 5.41) is 31.7. The lowest BCUT2D eigenvalue weighted by atomic mass is 9.96. The normalized spacial score (nSPS) is 18.3. The van der Waals surface area contributed by atoms with Crippen molar-refractivity contribution in [3.05, 3.63) is 29.8 Å². The number of amides is 1. The fourth-order valence-electron chi connectivity index (χ4n) is 1.95.